The molecule has 5 heteroatoms. The number of nitriles is 1. The summed E-state index contributed by atoms with van der Waals surface area (Å²) in [6, 6.07) is 18.2. The molecule has 118 valence electrons. The minimum Gasteiger partial charge on any atom is -0.495 e. The Morgan fingerprint density at radius 2 is 1.96 bits per heavy atom. The van der Waals surface area contributed by atoms with E-state index in [-0.39, 0.29) is 5.57 Å². The molecule has 3 rings (SSSR count). The number of carbonyl (C=O) groups excluding carboxylic acids is 1. The van der Waals surface area contributed by atoms with Gasteiger partial charge in [0, 0.05) is 11.5 Å². The fourth-order valence-corrected chi connectivity index (χ4v) is 2.30. The molecule has 0 bridgehead atoms. The van der Waals surface area contributed by atoms with E-state index in [4.69, 9.17) is 9.15 Å². The third-order valence-electron chi connectivity index (χ3n) is 3.45. The van der Waals surface area contributed by atoms with E-state index >= 15 is 0 Å². The lowest BCUT2D eigenvalue weighted by molar-refractivity contribution is -0.112. The molecule has 0 spiro atoms. The summed E-state index contributed by atoms with van der Waals surface area (Å²) in [5, 5.41) is 12.9. The number of hydrogen-bond acceptors (Lipinski definition) is 4. The second-order valence-electron chi connectivity index (χ2n) is 5.01. The number of methoxy groups -OCH3 is 1. The Balaban J connectivity index is 1.87. The second-order valence-corrected chi connectivity index (χ2v) is 5.01. The molecular formula is C19H14N2O3. The SMILES string of the molecule is COc1ccccc1NC(=O)/C(C#N)=C/c1cc2ccccc2o1. The molecule has 0 radical (unpaired) electrons. The first-order chi connectivity index (χ1) is 11.7. The molecule has 0 aliphatic heterocycles. The fourth-order valence-electron chi connectivity index (χ4n) is 2.30. The molecule has 1 N–H and O–H groups in total. The van der Waals surface area contributed by atoms with E-state index in [1.165, 1.54) is 13.2 Å². The lowest BCUT2D eigenvalue weighted by atomic mass is 10.2. The fraction of sp³-hybridized carbons (Fsp3) is 0.0526. The van der Waals surface area contributed by atoms with E-state index in [9.17, 15) is 10.1 Å². The highest BCUT2D eigenvalue weighted by Crippen LogP contribution is 2.24. The minimum atomic E-state index is -0.526. The summed E-state index contributed by atoms with van der Waals surface area (Å²) in [6.45, 7) is 0. The van der Waals surface area contributed by atoms with Crippen molar-refractivity contribution < 1.29 is 13.9 Å². The maximum absolute atomic E-state index is 12.3. The van der Waals surface area contributed by atoms with Crippen LogP contribution in [0.5, 0.6) is 5.75 Å². The van der Waals surface area contributed by atoms with Crippen LogP contribution in [0.4, 0.5) is 5.69 Å². The summed E-state index contributed by atoms with van der Waals surface area (Å²) in [7, 11) is 1.51. The number of carbonyl (C=O) groups is 1. The summed E-state index contributed by atoms with van der Waals surface area (Å²) in [5.74, 6) is 0.442. The van der Waals surface area contributed by atoms with Gasteiger partial charge in [0.25, 0.3) is 5.91 Å². The van der Waals surface area contributed by atoms with Gasteiger partial charge in [-0.05, 0) is 24.3 Å². The Labute approximate surface area is 138 Å². The number of para-hydroxylation sites is 3. The van der Waals surface area contributed by atoms with Crippen LogP contribution in [0.3, 0.4) is 0 Å². The maximum Gasteiger partial charge on any atom is 0.266 e. The van der Waals surface area contributed by atoms with Crippen LogP contribution in [0.25, 0.3) is 17.0 Å². The molecule has 1 heterocycles. The Hall–Kier alpha value is -3.52. The van der Waals surface area contributed by atoms with Gasteiger partial charge in [-0.3, -0.25) is 4.79 Å². The van der Waals surface area contributed by atoms with Crippen molar-refractivity contribution in [3.05, 3.63) is 65.9 Å². The van der Waals surface area contributed by atoms with Crippen LogP contribution < -0.4 is 10.1 Å². The van der Waals surface area contributed by atoms with Gasteiger partial charge in [-0.15, -0.1) is 0 Å². The highest BCUT2D eigenvalue weighted by atomic mass is 16.5. The summed E-state index contributed by atoms with van der Waals surface area (Å²) >= 11 is 0. The zero-order valence-electron chi connectivity index (χ0n) is 12.9. The molecule has 0 fully saturated rings. The molecule has 2 aromatic carbocycles. The van der Waals surface area contributed by atoms with Gasteiger partial charge >= 0.3 is 0 Å². The van der Waals surface area contributed by atoms with E-state index in [1.54, 1.807) is 30.3 Å². The predicted molar refractivity (Wildman–Crippen MR) is 91.4 cm³/mol. The first kappa shape index (κ1) is 15.4. The van der Waals surface area contributed by atoms with Crippen LogP contribution in [0.2, 0.25) is 0 Å². The summed E-state index contributed by atoms with van der Waals surface area (Å²) < 4.78 is 10.8. The number of benzene rings is 2. The van der Waals surface area contributed by atoms with Gasteiger partial charge in [-0.2, -0.15) is 5.26 Å². The Morgan fingerprint density at radius 1 is 1.21 bits per heavy atom. The molecule has 24 heavy (non-hydrogen) atoms. The quantitative estimate of drug-likeness (QED) is 0.583. The van der Waals surface area contributed by atoms with Crippen molar-refractivity contribution in [3.8, 4) is 11.8 Å². The summed E-state index contributed by atoms with van der Waals surface area (Å²) in [4.78, 5) is 12.3. The normalized spacial score (nSPS) is 11.1. The van der Waals surface area contributed by atoms with Crippen molar-refractivity contribution in [2.45, 2.75) is 0 Å². The van der Waals surface area contributed by atoms with Crippen molar-refractivity contribution in [2.24, 2.45) is 0 Å². The Kier molecular flexibility index (Phi) is 4.30. The van der Waals surface area contributed by atoms with Crippen molar-refractivity contribution in [2.75, 3.05) is 12.4 Å². The van der Waals surface area contributed by atoms with E-state index in [0.29, 0.717) is 22.8 Å². The number of rotatable bonds is 4. The summed E-state index contributed by atoms with van der Waals surface area (Å²) in [6.07, 6.45) is 1.42. The summed E-state index contributed by atoms with van der Waals surface area (Å²) in [5.41, 5.74) is 1.14. The first-order valence-electron chi connectivity index (χ1n) is 7.26. The van der Waals surface area contributed by atoms with E-state index < -0.39 is 5.91 Å². The molecule has 1 aromatic heterocycles. The van der Waals surface area contributed by atoms with Gasteiger partial charge < -0.3 is 14.5 Å². The third kappa shape index (κ3) is 3.13. The maximum atomic E-state index is 12.3. The average Bonchev–Trinajstić information content (AvgIpc) is 3.02. The van der Waals surface area contributed by atoms with Gasteiger partial charge in [0.05, 0.1) is 12.8 Å². The molecule has 1 amide bonds. The van der Waals surface area contributed by atoms with Gasteiger partial charge in [0.15, 0.2) is 0 Å². The number of hydrogen-bond donors (Lipinski definition) is 1. The number of furan rings is 1. The highest BCUT2D eigenvalue weighted by molar-refractivity contribution is 6.10. The molecular weight excluding hydrogens is 304 g/mol. The van der Waals surface area contributed by atoms with Crippen LogP contribution in [0, 0.1) is 11.3 Å². The Bertz CT molecular complexity index is 931. The highest BCUT2D eigenvalue weighted by Gasteiger charge is 2.13. The topological polar surface area (TPSA) is 75.3 Å². The number of fused-ring (bicyclic) bond motifs is 1. The van der Waals surface area contributed by atoms with Crippen LogP contribution in [0.1, 0.15) is 5.76 Å². The zero-order valence-corrected chi connectivity index (χ0v) is 12.9. The number of nitrogens with one attached hydrogen (secondary N) is 1. The molecule has 0 aliphatic rings. The van der Waals surface area contributed by atoms with Gasteiger partial charge in [-0.1, -0.05) is 30.3 Å². The number of ether oxygens (including phenoxy) is 1. The monoisotopic (exact) mass is 318 g/mol. The zero-order chi connectivity index (χ0) is 16.9. The smallest absolute Gasteiger partial charge is 0.266 e. The van der Waals surface area contributed by atoms with E-state index in [2.05, 4.69) is 5.32 Å². The lowest BCUT2D eigenvalue weighted by Gasteiger charge is -2.08. The third-order valence-corrected chi connectivity index (χ3v) is 3.45. The second kappa shape index (κ2) is 6.71. The van der Waals surface area contributed by atoms with Crippen LogP contribution in [0.15, 0.2) is 64.6 Å². The van der Waals surface area contributed by atoms with Crippen LogP contribution in [-0.4, -0.2) is 13.0 Å². The van der Waals surface area contributed by atoms with Crippen molar-refractivity contribution in [3.63, 3.8) is 0 Å². The number of nitrogens with zero attached hydrogens (tertiary/aromatic N) is 1. The largest absolute Gasteiger partial charge is 0.495 e. The molecule has 0 saturated carbocycles. The van der Waals surface area contributed by atoms with Crippen molar-refractivity contribution in [1.82, 2.24) is 0 Å². The van der Waals surface area contributed by atoms with Gasteiger partial charge in [0.2, 0.25) is 0 Å². The predicted octanol–water partition coefficient (Wildman–Crippen LogP) is 3.99. The standard InChI is InChI=1S/C19H14N2O3/c1-23-18-9-5-3-7-16(18)21-19(22)14(12-20)11-15-10-13-6-2-4-8-17(13)24-15/h2-11H,1H3,(H,21,22)/b14-11+. The molecule has 0 aliphatic carbocycles. The van der Waals surface area contributed by atoms with Crippen LogP contribution in [-0.2, 0) is 4.79 Å². The first-order valence-corrected chi connectivity index (χ1v) is 7.26. The van der Waals surface area contributed by atoms with Gasteiger partial charge in [0.1, 0.15) is 28.7 Å². The molecule has 0 saturated heterocycles. The van der Waals surface area contributed by atoms with Crippen molar-refractivity contribution >= 4 is 28.6 Å². The molecule has 5 nitrogen and oxygen atoms in total. The lowest BCUT2D eigenvalue weighted by Crippen LogP contribution is -2.14. The average molecular weight is 318 g/mol. The minimum absolute atomic E-state index is 0.0556. The van der Waals surface area contributed by atoms with Crippen molar-refractivity contribution in [1.29, 1.82) is 5.26 Å². The van der Waals surface area contributed by atoms with Crippen LogP contribution >= 0.6 is 0 Å². The number of anilines is 1. The van der Waals surface area contributed by atoms with E-state index in [1.807, 2.05) is 30.3 Å². The van der Waals surface area contributed by atoms with E-state index in [0.717, 1.165) is 5.39 Å². The molecule has 0 atom stereocenters. The van der Waals surface area contributed by atoms with Gasteiger partial charge in [-0.25, -0.2) is 0 Å². The molecule has 3 aromatic rings. The Morgan fingerprint density at radius 3 is 2.71 bits per heavy atom. The molecule has 0 unspecified atom stereocenters. The number of amides is 1.